The first-order chi connectivity index (χ1) is 7.40. The number of halogens is 1. The molecule has 1 aliphatic carbocycles. The van der Waals surface area contributed by atoms with Gasteiger partial charge in [0.1, 0.15) is 0 Å². The van der Waals surface area contributed by atoms with Gasteiger partial charge in [0.25, 0.3) is 0 Å². The quantitative estimate of drug-likeness (QED) is 0.707. The summed E-state index contributed by atoms with van der Waals surface area (Å²) in [7, 11) is 0. The molecule has 1 heterocycles. The monoisotopic (exact) mass is 273 g/mol. The van der Waals surface area contributed by atoms with Crippen LogP contribution in [0.2, 0.25) is 0 Å². The lowest BCUT2D eigenvalue weighted by molar-refractivity contribution is 0.126. The van der Waals surface area contributed by atoms with Crippen LogP contribution in [-0.4, -0.2) is 29.4 Å². The number of nitrogens with zero attached hydrogens (tertiary/aromatic N) is 1. The summed E-state index contributed by atoms with van der Waals surface area (Å²) < 4.78 is 0. The van der Waals surface area contributed by atoms with E-state index in [1.165, 1.54) is 69.8 Å². The average molecular weight is 274 g/mol. The van der Waals surface area contributed by atoms with Gasteiger partial charge in [-0.05, 0) is 38.1 Å². The van der Waals surface area contributed by atoms with Gasteiger partial charge < -0.3 is 0 Å². The van der Waals surface area contributed by atoms with Gasteiger partial charge in [-0.2, -0.15) is 0 Å². The van der Waals surface area contributed by atoms with Crippen molar-refractivity contribution >= 4 is 15.9 Å². The smallest absolute Gasteiger partial charge is 0.0192 e. The summed E-state index contributed by atoms with van der Waals surface area (Å²) in [6.45, 7) is 2.74. The van der Waals surface area contributed by atoms with E-state index in [0.29, 0.717) is 0 Å². The van der Waals surface area contributed by atoms with Crippen molar-refractivity contribution < 1.29 is 0 Å². The third-order valence-corrected chi connectivity index (χ3v) is 4.89. The van der Waals surface area contributed by atoms with Crippen LogP contribution in [0.3, 0.4) is 0 Å². The number of hydrogen-bond acceptors (Lipinski definition) is 1. The molecule has 2 rings (SSSR count). The molecule has 0 spiro atoms. The van der Waals surface area contributed by atoms with Gasteiger partial charge in [0.05, 0.1) is 0 Å². The largest absolute Gasteiger partial charge is 0.299 e. The molecule has 1 saturated carbocycles. The highest BCUT2D eigenvalue weighted by Gasteiger charge is 2.24. The standard InChI is InChI=1S/C13H24BrN/c14-10-13-8-4-5-9-15(13)11-12-6-2-1-3-7-12/h12-13H,1-11H2. The molecule has 1 saturated heterocycles. The SMILES string of the molecule is BrCC1CCCCN1CC1CCCCC1. The Kier molecular flexibility index (Phi) is 4.96. The van der Waals surface area contributed by atoms with E-state index in [1.807, 2.05) is 0 Å². The van der Waals surface area contributed by atoms with Crippen LogP contribution in [0.25, 0.3) is 0 Å². The molecule has 0 radical (unpaired) electrons. The van der Waals surface area contributed by atoms with Gasteiger partial charge in [-0.3, -0.25) is 4.90 Å². The van der Waals surface area contributed by atoms with Crippen LogP contribution < -0.4 is 0 Å². The van der Waals surface area contributed by atoms with E-state index in [4.69, 9.17) is 0 Å². The van der Waals surface area contributed by atoms with Crippen molar-refractivity contribution in [3.05, 3.63) is 0 Å². The van der Waals surface area contributed by atoms with Crippen LogP contribution in [0.5, 0.6) is 0 Å². The van der Waals surface area contributed by atoms with E-state index in [9.17, 15) is 0 Å². The number of alkyl halides is 1. The summed E-state index contributed by atoms with van der Waals surface area (Å²) >= 11 is 3.67. The minimum atomic E-state index is 0.834. The lowest BCUT2D eigenvalue weighted by atomic mass is 9.88. The summed E-state index contributed by atoms with van der Waals surface area (Å²) in [5, 5.41) is 1.18. The van der Waals surface area contributed by atoms with Crippen LogP contribution in [0, 0.1) is 5.92 Å². The lowest BCUT2D eigenvalue weighted by Gasteiger charge is -2.38. The van der Waals surface area contributed by atoms with Crippen molar-refractivity contribution in [3.8, 4) is 0 Å². The van der Waals surface area contributed by atoms with Crippen molar-refractivity contribution in [3.63, 3.8) is 0 Å². The van der Waals surface area contributed by atoms with E-state index in [2.05, 4.69) is 20.8 Å². The molecule has 0 bridgehead atoms. The normalized spacial score (nSPS) is 30.6. The van der Waals surface area contributed by atoms with Gasteiger partial charge in [0.15, 0.2) is 0 Å². The van der Waals surface area contributed by atoms with E-state index in [1.54, 1.807) is 0 Å². The summed E-state index contributed by atoms with van der Waals surface area (Å²) in [5.41, 5.74) is 0. The van der Waals surface area contributed by atoms with Crippen LogP contribution in [0.4, 0.5) is 0 Å². The molecule has 0 aromatic heterocycles. The Morgan fingerprint density at radius 3 is 2.40 bits per heavy atom. The molecule has 88 valence electrons. The molecule has 1 nitrogen and oxygen atoms in total. The van der Waals surface area contributed by atoms with Crippen molar-refractivity contribution in [2.75, 3.05) is 18.4 Å². The highest BCUT2D eigenvalue weighted by atomic mass is 79.9. The van der Waals surface area contributed by atoms with E-state index < -0.39 is 0 Å². The van der Waals surface area contributed by atoms with Gasteiger partial charge in [0, 0.05) is 17.9 Å². The van der Waals surface area contributed by atoms with Crippen LogP contribution in [0.1, 0.15) is 51.4 Å². The van der Waals surface area contributed by atoms with Crippen LogP contribution >= 0.6 is 15.9 Å². The van der Waals surface area contributed by atoms with Gasteiger partial charge in [-0.25, -0.2) is 0 Å². The fourth-order valence-electron chi connectivity index (χ4n) is 3.18. The Hall–Kier alpha value is 0.440. The molecule has 0 aromatic rings. The second kappa shape index (κ2) is 6.24. The van der Waals surface area contributed by atoms with Crippen molar-refractivity contribution in [2.24, 2.45) is 5.92 Å². The first-order valence-corrected chi connectivity index (χ1v) is 7.82. The molecule has 1 aliphatic heterocycles. The maximum Gasteiger partial charge on any atom is 0.0192 e. The molecular formula is C13H24BrN. The van der Waals surface area contributed by atoms with Crippen molar-refractivity contribution in [2.45, 2.75) is 57.4 Å². The Labute approximate surface area is 103 Å². The molecule has 1 unspecified atom stereocenters. The Balaban J connectivity index is 1.79. The minimum absolute atomic E-state index is 0.834. The zero-order valence-electron chi connectivity index (χ0n) is 9.76. The van der Waals surface area contributed by atoms with Crippen molar-refractivity contribution in [1.29, 1.82) is 0 Å². The predicted molar refractivity (Wildman–Crippen MR) is 69.6 cm³/mol. The summed E-state index contributed by atoms with van der Waals surface area (Å²) in [4.78, 5) is 2.76. The fraction of sp³-hybridized carbons (Fsp3) is 1.00. The Morgan fingerprint density at radius 1 is 0.933 bits per heavy atom. The second-order valence-electron chi connectivity index (χ2n) is 5.30. The topological polar surface area (TPSA) is 3.24 Å². The molecule has 15 heavy (non-hydrogen) atoms. The van der Waals surface area contributed by atoms with Crippen LogP contribution in [0.15, 0.2) is 0 Å². The third kappa shape index (κ3) is 3.45. The first-order valence-electron chi connectivity index (χ1n) is 6.70. The van der Waals surface area contributed by atoms with Gasteiger partial charge in [-0.1, -0.05) is 41.6 Å². The second-order valence-corrected chi connectivity index (χ2v) is 5.95. The molecule has 0 amide bonds. The Morgan fingerprint density at radius 2 is 1.67 bits per heavy atom. The molecule has 1 atom stereocenters. The maximum absolute atomic E-state index is 3.67. The number of hydrogen-bond donors (Lipinski definition) is 0. The maximum atomic E-state index is 3.67. The highest BCUT2D eigenvalue weighted by Crippen LogP contribution is 2.27. The zero-order valence-corrected chi connectivity index (χ0v) is 11.3. The fourth-order valence-corrected chi connectivity index (χ4v) is 3.91. The van der Waals surface area contributed by atoms with Gasteiger partial charge in [-0.15, -0.1) is 0 Å². The van der Waals surface area contributed by atoms with E-state index in [-0.39, 0.29) is 0 Å². The Bertz CT molecular complexity index is 177. The van der Waals surface area contributed by atoms with E-state index >= 15 is 0 Å². The predicted octanol–water partition coefficient (Wildman–Crippen LogP) is 3.82. The summed E-state index contributed by atoms with van der Waals surface area (Å²) in [5.74, 6) is 1.01. The van der Waals surface area contributed by atoms with Gasteiger partial charge >= 0.3 is 0 Å². The molecule has 2 aliphatic rings. The zero-order chi connectivity index (χ0) is 10.5. The third-order valence-electron chi connectivity index (χ3n) is 4.14. The number of likely N-dealkylation sites (tertiary alicyclic amines) is 1. The molecular weight excluding hydrogens is 250 g/mol. The minimum Gasteiger partial charge on any atom is -0.299 e. The summed E-state index contributed by atoms with van der Waals surface area (Å²) in [6.07, 6.45) is 11.7. The molecule has 0 aromatic carbocycles. The first kappa shape index (κ1) is 11.9. The molecule has 2 heteroatoms. The van der Waals surface area contributed by atoms with Crippen LogP contribution in [-0.2, 0) is 0 Å². The van der Waals surface area contributed by atoms with Crippen molar-refractivity contribution in [1.82, 2.24) is 4.90 Å². The van der Waals surface area contributed by atoms with E-state index in [0.717, 1.165) is 12.0 Å². The number of rotatable bonds is 3. The van der Waals surface area contributed by atoms with Gasteiger partial charge in [0.2, 0.25) is 0 Å². The number of piperidine rings is 1. The molecule has 0 N–H and O–H groups in total. The average Bonchev–Trinajstić information content (AvgIpc) is 2.31. The summed E-state index contributed by atoms with van der Waals surface area (Å²) in [6, 6.07) is 0.834. The molecule has 2 fully saturated rings. The lowest BCUT2D eigenvalue weighted by Crippen LogP contribution is -2.43. The highest BCUT2D eigenvalue weighted by molar-refractivity contribution is 9.09.